The predicted molar refractivity (Wildman–Crippen MR) is 92.8 cm³/mol. The van der Waals surface area contributed by atoms with Crippen molar-refractivity contribution in [2.75, 3.05) is 25.4 Å². The van der Waals surface area contributed by atoms with Gasteiger partial charge in [0.2, 0.25) is 5.91 Å². The van der Waals surface area contributed by atoms with Gasteiger partial charge in [0.25, 0.3) is 0 Å². The maximum absolute atomic E-state index is 11.9. The molecule has 1 N–H and O–H groups in total. The molecule has 0 saturated carbocycles. The van der Waals surface area contributed by atoms with E-state index in [1.807, 2.05) is 12.1 Å². The molecule has 1 heterocycles. The van der Waals surface area contributed by atoms with Crippen LogP contribution in [0.2, 0.25) is 0 Å². The minimum absolute atomic E-state index is 0.153. The molecule has 1 aromatic rings. The molecule has 1 aliphatic heterocycles. The summed E-state index contributed by atoms with van der Waals surface area (Å²) >= 11 is 5.20. The minimum atomic E-state index is 0.153. The lowest BCUT2D eigenvalue weighted by molar-refractivity contribution is -0.122. The van der Waals surface area contributed by atoms with Crippen molar-refractivity contribution in [3.05, 3.63) is 28.7 Å². The first kappa shape index (κ1) is 16.8. The van der Waals surface area contributed by atoms with Gasteiger partial charge < -0.3 is 5.32 Å². The van der Waals surface area contributed by atoms with Crippen LogP contribution < -0.4 is 5.32 Å². The van der Waals surface area contributed by atoms with E-state index in [9.17, 15) is 4.79 Å². The average Bonchev–Trinajstić information content (AvgIpc) is 2.48. The van der Waals surface area contributed by atoms with Crippen LogP contribution in [0.3, 0.4) is 0 Å². The number of carbonyl (C=O) groups excluding carboxylic acids is 1. The van der Waals surface area contributed by atoms with Gasteiger partial charge in [-0.1, -0.05) is 22.4 Å². The number of halogens is 1. The van der Waals surface area contributed by atoms with E-state index in [1.54, 1.807) is 11.8 Å². The van der Waals surface area contributed by atoms with E-state index in [0.717, 1.165) is 23.3 Å². The zero-order chi connectivity index (χ0) is 15.1. The molecule has 21 heavy (non-hydrogen) atoms. The fraction of sp³-hybridized carbons (Fsp3) is 0.562. The second kappa shape index (κ2) is 8.81. The molecule has 0 unspecified atom stereocenters. The number of likely N-dealkylation sites (tertiary alicyclic amines) is 1. The van der Waals surface area contributed by atoms with E-state index in [-0.39, 0.29) is 5.91 Å². The molecule has 1 fully saturated rings. The number of hydrogen-bond donors (Lipinski definition) is 1. The lowest BCUT2D eigenvalue weighted by atomic mass is 10.0. The van der Waals surface area contributed by atoms with Crippen LogP contribution in [0.25, 0.3) is 0 Å². The molecule has 0 bridgehead atoms. The van der Waals surface area contributed by atoms with Gasteiger partial charge in [-0.2, -0.15) is 0 Å². The van der Waals surface area contributed by atoms with Gasteiger partial charge >= 0.3 is 0 Å². The molecule has 0 spiro atoms. The van der Waals surface area contributed by atoms with Crippen molar-refractivity contribution in [3.8, 4) is 0 Å². The van der Waals surface area contributed by atoms with E-state index in [0.29, 0.717) is 12.6 Å². The molecule has 1 aromatic carbocycles. The summed E-state index contributed by atoms with van der Waals surface area (Å²) < 4.78 is 1.09. The Labute approximate surface area is 140 Å². The highest BCUT2D eigenvalue weighted by Crippen LogP contribution is 2.20. The van der Waals surface area contributed by atoms with Crippen molar-refractivity contribution < 1.29 is 4.79 Å². The Morgan fingerprint density at radius 2 is 2.14 bits per heavy atom. The predicted octanol–water partition coefficient (Wildman–Crippen LogP) is 3.53. The van der Waals surface area contributed by atoms with Crippen LogP contribution in [0.1, 0.15) is 26.2 Å². The maximum atomic E-state index is 11.9. The molecule has 1 aliphatic rings. The smallest absolute Gasteiger partial charge is 0.234 e. The van der Waals surface area contributed by atoms with Crippen LogP contribution in [0, 0.1) is 0 Å². The molecule has 0 radical (unpaired) electrons. The molecule has 0 aromatic heterocycles. The number of piperidine rings is 1. The Morgan fingerprint density at radius 3 is 2.86 bits per heavy atom. The second-order valence-corrected chi connectivity index (χ2v) is 7.55. The van der Waals surface area contributed by atoms with Gasteiger partial charge in [0.1, 0.15) is 0 Å². The molecular formula is C16H23BrN2OS. The molecule has 3 nitrogen and oxygen atoms in total. The van der Waals surface area contributed by atoms with Crippen LogP contribution >= 0.6 is 27.7 Å². The van der Waals surface area contributed by atoms with Gasteiger partial charge in [0.15, 0.2) is 0 Å². The van der Waals surface area contributed by atoms with Crippen LogP contribution in [0.4, 0.5) is 0 Å². The summed E-state index contributed by atoms with van der Waals surface area (Å²) in [5.41, 5.74) is 0. The number of benzene rings is 1. The largest absolute Gasteiger partial charge is 0.354 e. The lowest BCUT2D eigenvalue weighted by Crippen LogP contribution is -2.44. The zero-order valence-corrected chi connectivity index (χ0v) is 14.9. The van der Waals surface area contributed by atoms with Crippen molar-refractivity contribution >= 4 is 33.6 Å². The molecule has 5 heteroatoms. The molecular weight excluding hydrogens is 348 g/mol. The summed E-state index contributed by atoms with van der Waals surface area (Å²) in [4.78, 5) is 15.5. The third-order valence-electron chi connectivity index (χ3n) is 3.79. The highest BCUT2D eigenvalue weighted by molar-refractivity contribution is 9.10. The summed E-state index contributed by atoms with van der Waals surface area (Å²) in [7, 11) is 0. The molecule has 1 saturated heterocycles. The maximum Gasteiger partial charge on any atom is 0.234 e. The van der Waals surface area contributed by atoms with Gasteiger partial charge in [0.05, 0.1) is 6.54 Å². The van der Waals surface area contributed by atoms with E-state index in [1.165, 1.54) is 24.2 Å². The quantitative estimate of drug-likeness (QED) is 0.613. The molecule has 1 atom stereocenters. The number of rotatable bonds is 6. The summed E-state index contributed by atoms with van der Waals surface area (Å²) in [6, 6.07) is 8.80. The number of hydrogen-bond acceptors (Lipinski definition) is 3. The summed E-state index contributed by atoms with van der Waals surface area (Å²) in [5.74, 6) is 1.06. The van der Waals surface area contributed by atoms with Crippen LogP contribution in [0.5, 0.6) is 0 Å². The van der Waals surface area contributed by atoms with Crippen molar-refractivity contribution in [1.29, 1.82) is 0 Å². The number of carbonyl (C=O) groups is 1. The van der Waals surface area contributed by atoms with Gasteiger partial charge in [0, 0.05) is 27.7 Å². The average molecular weight is 371 g/mol. The summed E-state index contributed by atoms with van der Waals surface area (Å²) in [6.45, 7) is 4.55. The minimum Gasteiger partial charge on any atom is -0.354 e. The Bertz CT molecular complexity index is 452. The van der Waals surface area contributed by atoms with Crippen molar-refractivity contribution in [2.24, 2.45) is 0 Å². The summed E-state index contributed by atoms with van der Waals surface area (Å²) in [5, 5.41) is 3.02. The fourth-order valence-corrected chi connectivity index (χ4v) is 3.56. The topological polar surface area (TPSA) is 32.3 Å². The Hall–Kier alpha value is -0.520. The lowest BCUT2D eigenvalue weighted by Gasteiger charge is -2.32. The molecule has 1 amide bonds. The first-order valence-electron chi connectivity index (χ1n) is 7.54. The molecule has 116 valence electrons. The van der Waals surface area contributed by atoms with E-state index in [2.05, 4.69) is 45.2 Å². The van der Waals surface area contributed by atoms with E-state index < -0.39 is 0 Å². The first-order chi connectivity index (χ1) is 10.1. The number of nitrogens with one attached hydrogen (secondary N) is 1. The number of amides is 1. The van der Waals surface area contributed by atoms with Gasteiger partial charge in [-0.25, -0.2) is 0 Å². The third-order valence-corrected chi connectivity index (χ3v) is 5.34. The second-order valence-electron chi connectivity index (χ2n) is 5.47. The standard InChI is InChI=1S/C16H23BrN2OS/c1-13-4-2-3-10-19(13)12-16(20)18-9-11-21-15-7-5-14(17)6-8-15/h5-8,13H,2-4,9-12H2,1H3,(H,18,20)/t13-/m0/s1. The fourth-order valence-electron chi connectivity index (χ4n) is 2.52. The Balaban J connectivity index is 1.61. The van der Waals surface area contributed by atoms with E-state index >= 15 is 0 Å². The first-order valence-corrected chi connectivity index (χ1v) is 9.32. The Morgan fingerprint density at radius 1 is 1.38 bits per heavy atom. The molecule has 2 rings (SSSR count). The van der Waals surface area contributed by atoms with Crippen molar-refractivity contribution in [3.63, 3.8) is 0 Å². The van der Waals surface area contributed by atoms with Crippen LogP contribution in [-0.2, 0) is 4.79 Å². The third kappa shape index (κ3) is 6.01. The SMILES string of the molecule is C[C@H]1CCCCN1CC(=O)NCCSc1ccc(Br)cc1. The Kier molecular flexibility index (Phi) is 7.07. The highest BCUT2D eigenvalue weighted by atomic mass is 79.9. The number of thioether (sulfide) groups is 1. The summed E-state index contributed by atoms with van der Waals surface area (Å²) in [6.07, 6.45) is 3.73. The van der Waals surface area contributed by atoms with Crippen molar-refractivity contribution in [2.45, 2.75) is 37.1 Å². The van der Waals surface area contributed by atoms with Gasteiger partial charge in [-0.05, 0) is 50.6 Å². The number of nitrogens with zero attached hydrogens (tertiary/aromatic N) is 1. The van der Waals surface area contributed by atoms with Gasteiger partial charge in [-0.3, -0.25) is 9.69 Å². The zero-order valence-electron chi connectivity index (χ0n) is 12.5. The van der Waals surface area contributed by atoms with Crippen LogP contribution in [-0.4, -0.2) is 42.2 Å². The van der Waals surface area contributed by atoms with Crippen molar-refractivity contribution in [1.82, 2.24) is 10.2 Å². The molecule has 0 aliphatic carbocycles. The van der Waals surface area contributed by atoms with Gasteiger partial charge in [-0.15, -0.1) is 11.8 Å². The highest BCUT2D eigenvalue weighted by Gasteiger charge is 2.20. The van der Waals surface area contributed by atoms with Crippen LogP contribution in [0.15, 0.2) is 33.6 Å². The van der Waals surface area contributed by atoms with E-state index in [4.69, 9.17) is 0 Å². The monoisotopic (exact) mass is 370 g/mol. The normalized spacial score (nSPS) is 19.4.